The number of nitrogens with zero attached hydrogens (tertiary/aromatic N) is 1. The number of hydrogen-bond acceptors (Lipinski definition) is 5. The molecule has 0 saturated heterocycles. The zero-order valence-electron chi connectivity index (χ0n) is 12.1. The van der Waals surface area contributed by atoms with Gasteiger partial charge >= 0.3 is 6.09 Å². The van der Waals surface area contributed by atoms with Crippen molar-refractivity contribution in [3.05, 3.63) is 10.6 Å². The van der Waals surface area contributed by atoms with E-state index in [9.17, 15) is 13.6 Å². The van der Waals surface area contributed by atoms with Crippen LogP contribution in [0.2, 0.25) is 0 Å². The van der Waals surface area contributed by atoms with Gasteiger partial charge in [0, 0.05) is 0 Å². The summed E-state index contributed by atoms with van der Waals surface area (Å²) in [6.07, 6.45) is -3.41. The third-order valence-electron chi connectivity index (χ3n) is 2.35. The summed E-state index contributed by atoms with van der Waals surface area (Å²) in [7, 11) is 0. The van der Waals surface area contributed by atoms with Crippen LogP contribution in [-0.4, -0.2) is 23.1 Å². The van der Waals surface area contributed by atoms with Crippen molar-refractivity contribution in [3.63, 3.8) is 0 Å². The highest BCUT2D eigenvalue weighted by Crippen LogP contribution is 2.34. The van der Waals surface area contributed by atoms with Gasteiger partial charge in [-0.3, -0.25) is 5.32 Å². The second kappa shape index (κ2) is 5.61. The molecular weight excluding hydrogens is 288 g/mol. The normalized spacial score (nSPS) is 15.1. The Morgan fingerprint density at radius 1 is 1.40 bits per heavy atom. The van der Waals surface area contributed by atoms with Crippen LogP contribution in [0.1, 0.15) is 38.3 Å². The molecule has 8 heteroatoms. The van der Waals surface area contributed by atoms with Crippen LogP contribution in [0.25, 0.3) is 0 Å². The largest absolute Gasteiger partial charge is 0.444 e. The highest BCUT2D eigenvalue weighted by atomic mass is 32.1. The van der Waals surface area contributed by atoms with Crippen molar-refractivity contribution in [1.82, 2.24) is 4.98 Å². The summed E-state index contributed by atoms with van der Waals surface area (Å²) in [5.74, 6) is 0. The molecule has 3 N–H and O–H groups in total. The SMILES string of the molecule is Cc1nc(NC(=O)OC(C)(C)C)sc1C(C)(N)C(F)F. The number of carbonyl (C=O) groups excluding carboxylic acids is 1. The molecule has 0 aliphatic rings. The fourth-order valence-electron chi connectivity index (χ4n) is 1.44. The lowest BCUT2D eigenvalue weighted by Gasteiger charge is -2.22. The average molecular weight is 307 g/mol. The lowest BCUT2D eigenvalue weighted by atomic mass is 10.0. The fraction of sp³-hybridized carbons (Fsp3) is 0.667. The minimum Gasteiger partial charge on any atom is -0.444 e. The Kier molecular flexibility index (Phi) is 4.70. The van der Waals surface area contributed by atoms with Crippen LogP contribution in [-0.2, 0) is 10.3 Å². The zero-order chi connectivity index (χ0) is 15.7. The van der Waals surface area contributed by atoms with Gasteiger partial charge in [-0.25, -0.2) is 18.6 Å². The molecule has 1 aromatic heterocycles. The van der Waals surface area contributed by atoms with Gasteiger partial charge in [0.15, 0.2) is 5.13 Å². The van der Waals surface area contributed by atoms with Gasteiger partial charge in [0.1, 0.15) is 11.1 Å². The maximum Gasteiger partial charge on any atom is 0.413 e. The van der Waals surface area contributed by atoms with Gasteiger partial charge in [0.05, 0.1) is 10.6 Å². The van der Waals surface area contributed by atoms with Crippen LogP contribution < -0.4 is 11.1 Å². The van der Waals surface area contributed by atoms with E-state index in [4.69, 9.17) is 10.5 Å². The second-order valence-corrected chi connectivity index (χ2v) is 6.64. The summed E-state index contributed by atoms with van der Waals surface area (Å²) in [4.78, 5) is 15.8. The summed E-state index contributed by atoms with van der Waals surface area (Å²) in [6.45, 7) is 7.96. The number of thiazole rings is 1. The van der Waals surface area contributed by atoms with Crippen molar-refractivity contribution >= 4 is 22.6 Å². The number of amides is 1. The van der Waals surface area contributed by atoms with Crippen LogP contribution in [0.15, 0.2) is 0 Å². The third kappa shape index (κ3) is 4.11. The molecule has 1 aromatic rings. The maximum absolute atomic E-state index is 12.9. The summed E-state index contributed by atoms with van der Waals surface area (Å²) in [5.41, 5.74) is 3.53. The summed E-state index contributed by atoms with van der Waals surface area (Å²) in [5, 5.41) is 2.60. The minimum atomic E-state index is -2.73. The first-order chi connectivity index (χ1) is 8.93. The number of aromatic nitrogens is 1. The molecule has 1 rings (SSSR count). The molecular formula is C12H19F2N3O2S. The van der Waals surface area contributed by atoms with Crippen LogP contribution in [0.3, 0.4) is 0 Å². The van der Waals surface area contributed by atoms with Crippen molar-refractivity contribution < 1.29 is 18.3 Å². The monoisotopic (exact) mass is 307 g/mol. The van der Waals surface area contributed by atoms with E-state index >= 15 is 0 Å². The Hall–Kier alpha value is -1.28. The topological polar surface area (TPSA) is 77.2 Å². The molecule has 0 aliphatic heterocycles. The molecule has 0 aliphatic carbocycles. The number of nitrogens with two attached hydrogens (primary N) is 1. The van der Waals surface area contributed by atoms with E-state index in [0.29, 0.717) is 5.69 Å². The number of nitrogens with one attached hydrogen (secondary N) is 1. The van der Waals surface area contributed by atoms with Gasteiger partial charge in [-0.05, 0) is 34.6 Å². The van der Waals surface area contributed by atoms with Crippen LogP contribution >= 0.6 is 11.3 Å². The standard InChI is InChI=1S/C12H19F2N3O2S/c1-6-7(12(5,15)8(13)14)20-9(16-6)17-10(18)19-11(2,3)4/h8H,15H2,1-5H3,(H,16,17,18). The Morgan fingerprint density at radius 2 is 1.95 bits per heavy atom. The molecule has 20 heavy (non-hydrogen) atoms. The number of rotatable bonds is 3. The van der Waals surface area contributed by atoms with Gasteiger partial charge in [-0.1, -0.05) is 11.3 Å². The van der Waals surface area contributed by atoms with Crippen LogP contribution in [0.4, 0.5) is 18.7 Å². The maximum atomic E-state index is 12.9. The summed E-state index contributed by atoms with van der Waals surface area (Å²) in [6, 6.07) is 0. The molecule has 1 amide bonds. The minimum absolute atomic E-state index is 0.184. The lowest BCUT2D eigenvalue weighted by Crippen LogP contribution is -2.40. The van der Waals surface area contributed by atoms with Crippen molar-refractivity contribution in [2.75, 3.05) is 5.32 Å². The second-order valence-electron chi connectivity index (χ2n) is 5.64. The van der Waals surface area contributed by atoms with Crippen LogP contribution in [0.5, 0.6) is 0 Å². The quantitative estimate of drug-likeness (QED) is 0.898. The predicted molar refractivity (Wildman–Crippen MR) is 74.3 cm³/mol. The van der Waals surface area contributed by atoms with Gasteiger partial charge < -0.3 is 10.5 Å². The van der Waals surface area contributed by atoms with Gasteiger partial charge in [0.2, 0.25) is 0 Å². The van der Waals surface area contributed by atoms with E-state index in [1.165, 1.54) is 6.92 Å². The summed E-state index contributed by atoms with van der Waals surface area (Å²) >= 11 is 0.921. The van der Waals surface area contributed by atoms with E-state index in [1.54, 1.807) is 27.7 Å². The number of aryl methyl sites for hydroxylation is 1. The Morgan fingerprint density at radius 3 is 2.40 bits per heavy atom. The van der Waals surface area contributed by atoms with Crippen molar-refractivity contribution in [2.24, 2.45) is 5.73 Å². The van der Waals surface area contributed by atoms with E-state index < -0.39 is 23.7 Å². The van der Waals surface area contributed by atoms with Gasteiger partial charge in [-0.15, -0.1) is 0 Å². The summed E-state index contributed by atoms with van der Waals surface area (Å²) < 4.78 is 30.9. The van der Waals surface area contributed by atoms with E-state index in [2.05, 4.69) is 10.3 Å². The van der Waals surface area contributed by atoms with Crippen molar-refractivity contribution in [1.29, 1.82) is 0 Å². The average Bonchev–Trinajstić information content (AvgIpc) is 2.56. The molecule has 0 aromatic carbocycles. The number of hydrogen-bond donors (Lipinski definition) is 2. The Labute approximate surface area is 120 Å². The molecule has 0 radical (unpaired) electrons. The molecule has 1 unspecified atom stereocenters. The first kappa shape index (κ1) is 16.8. The molecule has 1 heterocycles. The lowest BCUT2D eigenvalue weighted by molar-refractivity contribution is 0.0633. The molecule has 0 bridgehead atoms. The Bertz CT molecular complexity index is 495. The Balaban J connectivity index is 2.89. The van der Waals surface area contributed by atoms with Crippen LogP contribution in [0, 0.1) is 6.92 Å². The fourth-order valence-corrected chi connectivity index (χ4v) is 2.45. The van der Waals surface area contributed by atoms with Gasteiger partial charge in [0.25, 0.3) is 6.43 Å². The highest BCUT2D eigenvalue weighted by Gasteiger charge is 2.36. The van der Waals surface area contributed by atoms with E-state index in [1.807, 2.05) is 0 Å². The number of anilines is 1. The molecule has 0 fully saturated rings. The zero-order valence-corrected chi connectivity index (χ0v) is 12.9. The molecule has 5 nitrogen and oxygen atoms in total. The van der Waals surface area contributed by atoms with E-state index in [0.717, 1.165) is 11.3 Å². The molecule has 114 valence electrons. The van der Waals surface area contributed by atoms with E-state index in [-0.39, 0.29) is 10.0 Å². The first-order valence-corrected chi connectivity index (χ1v) is 6.80. The van der Waals surface area contributed by atoms with Crippen molar-refractivity contribution in [2.45, 2.75) is 52.2 Å². The van der Waals surface area contributed by atoms with Gasteiger partial charge in [-0.2, -0.15) is 0 Å². The highest BCUT2D eigenvalue weighted by molar-refractivity contribution is 7.16. The predicted octanol–water partition coefficient (Wildman–Crippen LogP) is 3.24. The molecule has 1 atom stereocenters. The molecule has 0 saturated carbocycles. The van der Waals surface area contributed by atoms with Crippen molar-refractivity contribution in [3.8, 4) is 0 Å². The number of ether oxygens (including phenoxy) is 1. The smallest absolute Gasteiger partial charge is 0.413 e. The number of carbonyl (C=O) groups is 1. The number of alkyl halides is 2. The molecule has 0 spiro atoms. The first-order valence-electron chi connectivity index (χ1n) is 5.98. The third-order valence-corrected chi connectivity index (χ3v) is 3.67. The number of halogens is 2.